The van der Waals surface area contributed by atoms with Crippen molar-refractivity contribution in [1.82, 2.24) is 19.2 Å². The first-order chi connectivity index (χ1) is 14.4. The average molecular weight is 409 g/mol. The van der Waals surface area contributed by atoms with E-state index >= 15 is 0 Å². The Bertz CT molecular complexity index is 1170. The molecule has 2 heterocycles. The molecule has 1 aliphatic rings. The van der Waals surface area contributed by atoms with Crippen LogP contribution in [0.1, 0.15) is 21.7 Å². The molecule has 0 atom stereocenters. The van der Waals surface area contributed by atoms with Crippen LogP contribution in [0, 0.1) is 12.7 Å². The van der Waals surface area contributed by atoms with Crippen molar-refractivity contribution in [2.24, 2.45) is 0 Å². The van der Waals surface area contributed by atoms with E-state index in [4.69, 9.17) is 0 Å². The number of aromatic nitrogens is 3. The molecule has 1 aliphatic heterocycles. The van der Waals surface area contributed by atoms with Crippen LogP contribution in [0.15, 0.2) is 53.3 Å². The van der Waals surface area contributed by atoms with E-state index in [1.807, 2.05) is 31.2 Å². The monoisotopic (exact) mass is 409 g/mol. The molecule has 30 heavy (non-hydrogen) atoms. The van der Waals surface area contributed by atoms with Gasteiger partial charge >= 0.3 is 5.69 Å². The van der Waals surface area contributed by atoms with Gasteiger partial charge in [-0.2, -0.15) is 0 Å². The van der Waals surface area contributed by atoms with Gasteiger partial charge in [0.15, 0.2) is 0 Å². The Balaban J connectivity index is 1.48. The molecule has 1 N–H and O–H groups in total. The van der Waals surface area contributed by atoms with Crippen LogP contribution in [0.4, 0.5) is 10.1 Å². The highest BCUT2D eigenvalue weighted by atomic mass is 19.1. The van der Waals surface area contributed by atoms with Crippen LogP contribution in [0.3, 0.4) is 0 Å². The summed E-state index contributed by atoms with van der Waals surface area (Å²) in [7, 11) is 0. The molecule has 2 amide bonds. The Kier molecular flexibility index (Phi) is 5.18. The largest absolute Gasteiger partial charge is 0.346 e. The van der Waals surface area contributed by atoms with Gasteiger partial charge in [-0.15, -0.1) is 5.10 Å². The maximum absolute atomic E-state index is 13.0. The first-order valence-electron chi connectivity index (χ1n) is 9.48. The molecule has 154 valence electrons. The Labute approximate surface area is 171 Å². The zero-order chi connectivity index (χ0) is 21.3. The number of aryl methyl sites for hydroxylation is 1. The number of fused-ring (bicyclic) bond motifs is 1. The van der Waals surface area contributed by atoms with Gasteiger partial charge in [0.1, 0.15) is 12.4 Å². The van der Waals surface area contributed by atoms with E-state index < -0.39 is 17.4 Å². The molecule has 0 aliphatic carbocycles. The van der Waals surface area contributed by atoms with E-state index in [-0.39, 0.29) is 18.3 Å². The summed E-state index contributed by atoms with van der Waals surface area (Å²) in [6.45, 7) is 2.75. The quantitative estimate of drug-likeness (QED) is 0.696. The number of carbonyl (C=O) groups is 2. The smallest absolute Gasteiger partial charge is 0.330 e. The molecule has 0 fully saturated rings. The van der Waals surface area contributed by atoms with Gasteiger partial charge < -0.3 is 10.2 Å². The first-order valence-corrected chi connectivity index (χ1v) is 9.48. The number of hydrogen-bond acceptors (Lipinski definition) is 4. The Morgan fingerprint density at radius 3 is 2.63 bits per heavy atom. The Hall–Kier alpha value is -3.75. The summed E-state index contributed by atoms with van der Waals surface area (Å²) in [5, 5.41) is 6.66. The highest BCUT2D eigenvalue weighted by Gasteiger charge is 2.30. The van der Waals surface area contributed by atoms with Gasteiger partial charge in [-0.3, -0.25) is 14.2 Å². The van der Waals surface area contributed by atoms with Crippen LogP contribution in [-0.2, 0) is 24.4 Å². The number of nitrogens with one attached hydrogen (secondary N) is 1. The molecule has 8 nitrogen and oxygen atoms in total. The molecule has 0 spiro atoms. The minimum absolute atomic E-state index is 0.0217. The van der Waals surface area contributed by atoms with Gasteiger partial charge in [0.25, 0.3) is 5.91 Å². The number of benzene rings is 2. The first kappa shape index (κ1) is 19.6. The molecule has 0 bridgehead atoms. The zero-order valence-electron chi connectivity index (χ0n) is 16.3. The second-order valence-electron chi connectivity index (χ2n) is 7.19. The lowest BCUT2D eigenvalue weighted by molar-refractivity contribution is -0.117. The number of anilines is 1. The highest BCUT2D eigenvalue weighted by molar-refractivity contribution is 5.92. The van der Waals surface area contributed by atoms with E-state index in [9.17, 15) is 18.8 Å². The third-order valence-electron chi connectivity index (χ3n) is 4.87. The van der Waals surface area contributed by atoms with Gasteiger partial charge in [0.05, 0.1) is 0 Å². The third kappa shape index (κ3) is 4.00. The summed E-state index contributed by atoms with van der Waals surface area (Å²) in [4.78, 5) is 39.3. The minimum atomic E-state index is -0.511. The molecular weight excluding hydrogens is 389 g/mol. The Morgan fingerprint density at radius 2 is 1.90 bits per heavy atom. The molecular formula is C21H20FN5O3. The fourth-order valence-corrected chi connectivity index (χ4v) is 3.42. The third-order valence-corrected chi connectivity index (χ3v) is 4.87. The zero-order valence-corrected chi connectivity index (χ0v) is 16.3. The normalized spacial score (nSPS) is 13.3. The molecule has 2 aromatic carbocycles. The van der Waals surface area contributed by atoms with E-state index in [1.165, 1.54) is 28.8 Å². The minimum Gasteiger partial charge on any atom is -0.330 e. The summed E-state index contributed by atoms with van der Waals surface area (Å²) in [6.07, 6.45) is 0. The van der Waals surface area contributed by atoms with Gasteiger partial charge in [0, 0.05) is 25.3 Å². The van der Waals surface area contributed by atoms with Crippen LogP contribution in [0.2, 0.25) is 0 Å². The standard InChI is InChI=1S/C21H20FN5O3/c1-14-3-2-4-15(11-14)12-25-9-10-26-19(20(25)29)24-27(21(26)30)13-18(28)23-17-7-5-16(22)6-8-17/h2-8,11H,9-10,12-13H2,1H3,(H,23,28). The molecule has 3 aromatic rings. The van der Waals surface area contributed by atoms with E-state index in [2.05, 4.69) is 10.4 Å². The fraction of sp³-hybridized carbons (Fsp3) is 0.238. The van der Waals surface area contributed by atoms with Crippen molar-refractivity contribution in [3.05, 3.63) is 81.8 Å². The van der Waals surface area contributed by atoms with Gasteiger partial charge in [-0.1, -0.05) is 29.8 Å². The number of hydrogen-bond donors (Lipinski definition) is 1. The van der Waals surface area contributed by atoms with Crippen molar-refractivity contribution >= 4 is 17.5 Å². The van der Waals surface area contributed by atoms with Crippen LogP contribution in [0.25, 0.3) is 0 Å². The number of halogens is 1. The van der Waals surface area contributed by atoms with Crippen molar-refractivity contribution in [3.8, 4) is 0 Å². The highest BCUT2D eigenvalue weighted by Crippen LogP contribution is 2.14. The summed E-state index contributed by atoms with van der Waals surface area (Å²) >= 11 is 0. The Morgan fingerprint density at radius 1 is 1.13 bits per heavy atom. The lowest BCUT2D eigenvalue weighted by Gasteiger charge is -2.26. The van der Waals surface area contributed by atoms with Crippen molar-refractivity contribution in [2.45, 2.75) is 26.6 Å². The fourth-order valence-electron chi connectivity index (χ4n) is 3.42. The lowest BCUT2D eigenvalue weighted by Crippen LogP contribution is -2.42. The number of carbonyl (C=O) groups excluding carboxylic acids is 2. The van der Waals surface area contributed by atoms with Crippen LogP contribution >= 0.6 is 0 Å². The second kappa shape index (κ2) is 7.94. The number of amides is 2. The van der Waals surface area contributed by atoms with Crippen LogP contribution < -0.4 is 11.0 Å². The summed E-state index contributed by atoms with van der Waals surface area (Å²) in [5.41, 5.74) is 1.99. The van der Waals surface area contributed by atoms with Gasteiger partial charge in [-0.25, -0.2) is 13.9 Å². The predicted octanol–water partition coefficient (Wildman–Crippen LogP) is 1.79. The van der Waals surface area contributed by atoms with E-state index in [0.29, 0.717) is 25.3 Å². The molecule has 4 rings (SSSR count). The predicted molar refractivity (Wildman–Crippen MR) is 107 cm³/mol. The molecule has 9 heteroatoms. The van der Waals surface area contributed by atoms with E-state index in [0.717, 1.165) is 15.8 Å². The summed E-state index contributed by atoms with van der Waals surface area (Å²) in [6, 6.07) is 13.1. The topological polar surface area (TPSA) is 89.2 Å². The molecule has 0 saturated heterocycles. The average Bonchev–Trinajstić information content (AvgIpc) is 3.02. The molecule has 1 aromatic heterocycles. The maximum atomic E-state index is 13.0. The maximum Gasteiger partial charge on any atom is 0.346 e. The van der Waals surface area contributed by atoms with Crippen molar-refractivity contribution in [1.29, 1.82) is 0 Å². The molecule has 0 unspecified atom stereocenters. The van der Waals surface area contributed by atoms with Crippen LogP contribution in [-0.4, -0.2) is 37.6 Å². The molecule has 0 saturated carbocycles. The van der Waals surface area contributed by atoms with Crippen molar-refractivity contribution < 1.29 is 14.0 Å². The SMILES string of the molecule is Cc1cccc(CN2CCn3c(nn(CC(=O)Nc4ccc(F)cc4)c3=O)C2=O)c1. The summed E-state index contributed by atoms with van der Waals surface area (Å²) in [5.74, 6) is -1.24. The van der Waals surface area contributed by atoms with Gasteiger partial charge in [-0.05, 0) is 36.8 Å². The van der Waals surface area contributed by atoms with Gasteiger partial charge in [0.2, 0.25) is 11.7 Å². The lowest BCUT2D eigenvalue weighted by atomic mass is 10.1. The number of rotatable bonds is 5. The summed E-state index contributed by atoms with van der Waals surface area (Å²) < 4.78 is 15.2. The van der Waals surface area contributed by atoms with E-state index in [1.54, 1.807) is 4.90 Å². The van der Waals surface area contributed by atoms with Crippen molar-refractivity contribution in [2.75, 3.05) is 11.9 Å². The molecule has 0 radical (unpaired) electrons. The van der Waals surface area contributed by atoms with Crippen molar-refractivity contribution in [3.63, 3.8) is 0 Å². The number of nitrogens with zero attached hydrogens (tertiary/aromatic N) is 4. The van der Waals surface area contributed by atoms with Crippen LogP contribution in [0.5, 0.6) is 0 Å². The second-order valence-corrected chi connectivity index (χ2v) is 7.19.